The molecule has 4 aromatic carbocycles. The Bertz CT molecular complexity index is 1660. The van der Waals surface area contributed by atoms with Crippen LogP contribution in [0.1, 0.15) is 28.4 Å². The number of thiocarbonyl (C=S) groups is 1. The first-order valence-electron chi connectivity index (χ1n) is 11.7. The van der Waals surface area contributed by atoms with E-state index in [9.17, 15) is 4.79 Å². The van der Waals surface area contributed by atoms with Crippen LogP contribution < -0.4 is 15.4 Å². The first kappa shape index (κ1) is 24.9. The van der Waals surface area contributed by atoms with Crippen LogP contribution in [-0.4, -0.2) is 33.1 Å². The molecule has 0 bridgehead atoms. The molecule has 0 aliphatic heterocycles. The van der Waals surface area contributed by atoms with Gasteiger partial charge in [-0.05, 0) is 93.7 Å². The van der Waals surface area contributed by atoms with Gasteiger partial charge in [0, 0.05) is 5.69 Å². The van der Waals surface area contributed by atoms with Crippen molar-refractivity contribution in [3.05, 3.63) is 87.9 Å². The molecule has 0 radical (unpaired) electrons. The van der Waals surface area contributed by atoms with Crippen LogP contribution in [0, 0.1) is 6.92 Å². The van der Waals surface area contributed by atoms with E-state index in [1.807, 2.05) is 55.5 Å². The van der Waals surface area contributed by atoms with Crippen molar-refractivity contribution in [2.24, 2.45) is 0 Å². The molecular formula is C28H24BrN5O2S. The molecule has 1 amide bonds. The molecule has 37 heavy (non-hydrogen) atoms. The summed E-state index contributed by atoms with van der Waals surface area (Å²) in [5, 5.41) is 17.2. The fourth-order valence-corrected chi connectivity index (χ4v) is 5.10. The highest BCUT2D eigenvalue weighted by Crippen LogP contribution is 2.36. The number of nitrogens with zero attached hydrogens (tertiary/aromatic N) is 3. The molecule has 5 aromatic rings. The molecule has 0 spiro atoms. The second-order valence-electron chi connectivity index (χ2n) is 8.57. The standard InChI is InChI=1S/C28H24BrN5O2S/c1-4-17-9-11-19(12-10-17)34-32-23-13-16(2)22(15-24(23)33-34)30-28(37)31-27(35)21-14-18-7-5-6-8-20(18)25(29)26(21)36-3/h5-15H,4H2,1-3H3,(H2,30,31,35,37). The topological polar surface area (TPSA) is 81.1 Å². The second-order valence-corrected chi connectivity index (χ2v) is 9.77. The summed E-state index contributed by atoms with van der Waals surface area (Å²) in [6.07, 6.45) is 0.977. The van der Waals surface area contributed by atoms with Gasteiger partial charge in [-0.2, -0.15) is 4.80 Å². The highest BCUT2D eigenvalue weighted by Gasteiger charge is 2.19. The van der Waals surface area contributed by atoms with Gasteiger partial charge in [-0.15, -0.1) is 10.2 Å². The van der Waals surface area contributed by atoms with Crippen molar-refractivity contribution in [2.75, 3.05) is 12.4 Å². The van der Waals surface area contributed by atoms with Gasteiger partial charge in [0.15, 0.2) is 5.11 Å². The van der Waals surface area contributed by atoms with Gasteiger partial charge in [0.25, 0.3) is 5.91 Å². The maximum Gasteiger partial charge on any atom is 0.261 e. The van der Waals surface area contributed by atoms with Crippen molar-refractivity contribution in [2.45, 2.75) is 20.3 Å². The number of nitrogens with one attached hydrogen (secondary N) is 2. The molecular weight excluding hydrogens is 550 g/mol. The molecule has 0 unspecified atom stereocenters. The van der Waals surface area contributed by atoms with Gasteiger partial charge in [0.05, 0.1) is 22.8 Å². The van der Waals surface area contributed by atoms with Crippen LogP contribution in [0.2, 0.25) is 0 Å². The van der Waals surface area contributed by atoms with E-state index in [1.165, 1.54) is 12.7 Å². The van der Waals surface area contributed by atoms with Gasteiger partial charge in [-0.1, -0.05) is 43.3 Å². The molecule has 9 heteroatoms. The first-order valence-corrected chi connectivity index (χ1v) is 12.9. The zero-order valence-electron chi connectivity index (χ0n) is 20.5. The summed E-state index contributed by atoms with van der Waals surface area (Å²) in [6, 6.07) is 21.5. The molecule has 1 heterocycles. The molecule has 7 nitrogen and oxygen atoms in total. The summed E-state index contributed by atoms with van der Waals surface area (Å²) < 4.78 is 6.25. The number of halogens is 1. The fourth-order valence-electron chi connectivity index (χ4n) is 4.16. The minimum atomic E-state index is -0.374. The Morgan fingerprint density at radius 3 is 2.46 bits per heavy atom. The van der Waals surface area contributed by atoms with Crippen molar-refractivity contribution in [1.82, 2.24) is 20.3 Å². The molecule has 1 aromatic heterocycles. The van der Waals surface area contributed by atoms with Crippen LogP contribution in [0.3, 0.4) is 0 Å². The number of anilines is 1. The fraction of sp³-hybridized carbons (Fsp3) is 0.143. The predicted octanol–water partition coefficient (Wildman–Crippen LogP) is 6.34. The van der Waals surface area contributed by atoms with E-state index in [4.69, 9.17) is 17.0 Å². The summed E-state index contributed by atoms with van der Waals surface area (Å²) in [5.74, 6) is 0.0705. The maximum atomic E-state index is 13.2. The smallest absolute Gasteiger partial charge is 0.261 e. The molecule has 0 fully saturated rings. The largest absolute Gasteiger partial charge is 0.495 e. The minimum Gasteiger partial charge on any atom is -0.495 e. The van der Waals surface area contributed by atoms with E-state index >= 15 is 0 Å². The number of carbonyl (C=O) groups is 1. The first-order chi connectivity index (χ1) is 17.9. The van der Waals surface area contributed by atoms with E-state index in [0.717, 1.165) is 39.6 Å². The van der Waals surface area contributed by atoms with Crippen LogP contribution in [0.15, 0.2) is 71.2 Å². The molecule has 0 atom stereocenters. The number of hydrogen-bond donors (Lipinski definition) is 2. The Hall–Kier alpha value is -3.82. The molecule has 0 saturated heterocycles. The summed E-state index contributed by atoms with van der Waals surface area (Å²) in [6.45, 7) is 4.07. The van der Waals surface area contributed by atoms with E-state index in [0.29, 0.717) is 21.3 Å². The summed E-state index contributed by atoms with van der Waals surface area (Å²) in [7, 11) is 1.53. The zero-order chi connectivity index (χ0) is 26.1. The van der Waals surface area contributed by atoms with Crippen molar-refractivity contribution < 1.29 is 9.53 Å². The maximum absolute atomic E-state index is 13.2. The zero-order valence-corrected chi connectivity index (χ0v) is 22.9. The number of hydrogen-bond acceptors (Lipinski definition) is 5. The molecule has 186 valence electrons. The molecule has 0 saturated carbocycles. The van der Waals surface area contributed by atoms with Crippen molar-refractivity contribution in [1.29, 1.82) is 0 Å². The van der Waals surface area contributed by atoms with Crippen molar-refractivity contribution >= 4 is 66.7 Å². The number of carbonyl (C=O) groups excluding carboxylic acids is 1. The third kappa shape index (κ3) is 4.92. The highest BCUT2D eigenvalue weighted by molar-refractivity contribution is 9.10. The predicted molar refractivity (Wildman–Crippen MR) is 155 cm³/mol. The Labute approximate surface area is 227 Å². The third-order valence-corrected chi connectivity index (χ3v) is 7.16. The Morgan fingerprint density at radius 2 is 1.76 bits per heavy atom. The number of benzene rings is 4. The SMILES string of the molecule is CCc1ccc(-n2nc3cc(C)c(NC(=S)NC(=O)c4cc5ccccc5c(Br)c4OC)cc3n2)cc1. The average Bonchev–Trinajstić information content (AvgIpc) is 3.31. The molecule has 0 aliphatic rings. The van der Waals surface area contributed by atoms with Crippen LogP contribution in [-0.2, 0) is 6.42 Å². The second kappa shape index (κ2) is 10.3. The monoisotopic (exact) mass is 573 g/mol. The van der Waals surface area contributed by atoms with Crippen LogP contribution >= 0.6 is 28.1 Å². The molecule has 2 N–H and O–H groups in total. The lowest BCUT2D eigenvalue weighted by Crippen LogP contribution is -2.34. The Balaban J connectivity index is 1.37. The van der Waals surface area contributed by atoms with E-state index in [1.54, 1.807) is 10.9 Å². The van der Waals surface area contributed by atoms with Crippen LogP contribution in [0.4, 0.5) is 5.69 Å². The number of aryl methyl sites for hydroxylation is 2. The Morgan fingerprint density at radius 1 is 1.05 bits per heavy atom. The quantitative estimate of drug-likeness (QED) is 0.239. The third-order valence-electron chi connectivity index (χ3n) is 6.17. The van der Waals surface area contributed by atoms with Crippen molar-refractivity contribution in [3.63, 3.8) is 0 Å². The van der Waals surface area contributed by atoms with Gasteiger partial charge in [-0.3, -0.25) is 10.1 Å². The highest BCUT2D eigenvalue weighted by atomic mass is 79.9. The van der Waals surface area contributed by atoms with E-state index in [-0.39, 0.29) is 11.0 Å². The Kier molecular flexibility index (Phi) is 6.90. The summed E-state index contributed by atoms with van der Waals surface area (Å²) >= 11 is 9.04. The van der Waals surface area contributed by atoms with Gasteiger partial charge >= 0.3 is 0 Å². The normalized spacial score (nSPS) is 11.0. The molecule has 5 rings (SSSR count). The number of methoxy groups -OCH3 is 1. The van der Waals surface area contributed by atoms with E-state index in [2.05, 4.69) is 55.8 Å². The number of aromatic nitrogens is 3. The number of amides is 1. The number of ether oxygens (including phenoxy) is 1. The number of rotatable bonds is 5. The minimum absolute atomic E-state index is 0.168. The lowest BCUT2D eigenvalue weighted by Gasteiger charge is -2.15. The van der Waals surface area contributed by atoms with Crippen LogP contribution in [0.25, 0.3) is 27.5 Å². The van der Waals surface area contributed by atoms with Gasteiger partial charge in [0.1, 0.15) is 16.8 Å². The average molecular weight is 575 g/mol. The van der Waals surface area contributed by atoms with Crippen molar-refractivity contribution in [3.8, 4) is 11.4 Å². The van der Waals surface area contributed by atoms with E-state index < -0.39 is 0 Å². The summed E-state index contributed by atoms with van der Waals surface area (Å²) in [5.41, 5.74) is 5.65. The van der Waals surface area contributed by atoms with Crippen LogP contribution in [0.5, 0.6) is 5.75 Å². The lowest BCUT2D eigenvalue weighted by molar-refractivity contribution is 0.0975. The summed E-state index contributed by atoms with van der Waals surface area (Å²) in [4.78, 5) is 14.8. The van der Waals surface area contributed by atoms with Gasteiger partial charge in [0.2, 0.25) is 0 Å². The van der Waals surface area contributed by atoms with Gasteiger partial charge < -0.3 is 10.1 Å². The molecule has 0 aliphatic carbocycles. The number of fused-ring (bicyclic) bond motifs is 2. The lowest BCUT2D eigenvalue weighted by atomic mass is 10.1. The van der Waals surface area contributed by atoms with Gasteiger partial charge in [-0.25, -0.2) is 0 Å².